The molecule has 0 saturated heterocycles. The molecule has 0 spiro atoms. The number of ether oxygens (including phenoxy) is 1. The summed E-state index contributed by atoms with van der Waals surface area (Å²) in [6.45, 7) is 14.1. The lowest BCUT2D eigenvalue weighted by molar-refractivity contribution is 0.154. The molecule has 1 aromatic rings. The molecule has 1 N–H and O–H groups in total. The second kappa shape index (κ2) is 10.2. The molecule has 0 aromatic heterocycles. The van der Waals surface area contributed by atoms with Crippen molar-refractivity contribution in [3.05, 3.63) is 28.2 Å². The minimum Gasteiger partial charge on any atom is -0.380 e. The van der Waals surface area contributed by atoms with Crippen molar-refractivity contribution in [3.63, 3.8) is 0 Å². The quantitative estimate of drug-likeness (QED) is 0.639. The van der Waals surface area contributed by atoms with Gasteiger partial charge in [0.25, 0.3) is 0 Å². The van der Waals surface area contributed by atoms with Gasteiger partial charge in [0.1, 0.15) is 0 Å². The molecule has 120 valence electrons. The largest absolute Gasteiger partial charge is 0.380 e. The van der Waals surface area contributed by atoms with Crippen LogP contribution in [0.3, 0.4) is 0 Å². The van der Waals surface area contributed by atoms with Crippen LogP contribution in [-0.2, 0) is 11.3 Å². The highest BCUT2D eigenvalue weighted by atomic mass is 79.9. The molecule has 0 fully saturated rings. The van der Waals surface area contributed by atoms with Gasteiger partial charge in [-0.05, 0) is 59.9 Å². The van der Waals surface area contributed by atoms with Crippen molar-refractivity contribution in [2.75, 3.05) is 37.7 Å². The highest BCUT2D eigenvalue weighted by Gasteiger charge is 2.09. The first kappa shape index (κ1) is 18.5. The molecular formula is C17H29BrN2O. The normalized spacial score (nSPS) is 11.1. The fourth-order valence-electron chi connectivity index (χ4n) is 2.19. The first-order valence-corrected chi connectivity index (χ1v) is 8.69. The van der Waals surface area contributed by atoms with E-state index in [1.807, 2.05) is 6.92 Å². The summed E-state index contributed by atoms with van der Waals surface area (Å²) in [6, 6.07) is 6.62. The summed E-state index contributed by atoms with van der Waals surface area (Å²) in [6.07, 6.45) is 0. The lowest BCUT2D eigenvalue weighted by Gasteiger charge is -2.24. The fourth-order valence-corrected chi connectivity index (χ4v) is 2.87. The third-order valence-electron chi connectivity index (χ3n) is 3.33. The summed E-state index contributed by atoms with van der Waals surface area (Å²) >= 11 is 3.71. The molecule has 0 aliphatic rings. The Kier molecular flexibility index (Phi) is 8.97. The first-order valence-electron chi connectivity index (χ1n) is 7.90. The first-order chi connectivity index (χ1) is 10.1. The molecule has 0 aliphatic heterocycles. The molecule has 21 heavy (non-hydrogen) atoms. The molecule has 0 amide bonds. The molecule has 1 aromatic carbocycles. The Morgan fingerprint density at radius 2 is 2.05 bits per heavy atom. The number of halogens is 1. The number of nitrogens with one attached hydrogen (secondary N) is 1. The van der Waals surface area contributed by atoms with Gasteiger partial charge in [-0.2, -0.15) is 0 Å². The SMILES string of the molecule is CCOCCN(CC)c1ccc(CNCC(C)C)cc1Br. The zero-order valence-corrected chi connectivity index (χ0v) is 15.4. The summed E-state index contributed by atoms with van der Waals surface area (Å²) in [7, 11) is 0. The zero-order valence-electron chi connectivity index (χ0n) is 13.8. The Labute approximate surface area is 138 Å². The van der Waals surface area contributed by atoms with Crippen molar-refractivity contribution in [3.8, 4) is 0 Å². The molecule has 0 radical (unpaired) electrons. The second-order valence-electron chi connectivity index (χ2n) is 5.59. The zero-order chi connectivity index (χ0) is 15.7. The standard InChI is InChI=1S/C17H29BrN2O/c1-5-20(9-10-21-6-2)17-8-7-15(11-16(17)18)13-19-12-14(3)4/h7-8,11,14,19H,5-6,9-10,12-13H2,1-4H3. The van der Waals surface area contributed by atoms with Gasteiger partial charge in [-0.25, -0.2) is 0 Å². The molecular weight excluding hydrogens is 328 g/mol. The fraction of sp³-hybridized carbons (Fsp3) is 0.647. The van der Waals surface area contributed by atoms with Crippen molar-refractivity contribution in [1.29, 1.82) is 0 Å². The number of hydrogen-bond donors (Lipinski definition) is 1. The van der Waals surface area contributed by atoms with Crippen LogP contribution in [0.2, 0.25) is 0 Å². The Balaban J connectivity index is 2.62. The Morgan fingerprint density at radius 3 is 2.62 bits per heavy atom. The summed E-state index contributed by atoms with van der Waals surface area (Å²) in [4.78, 5) is 2.34. The van der Waals surface area contributed by atoms with Crippen LogP contribution in [0.1, 0.15) is 33.3 Å². The molecule has 0 unspecified atom stereocenters. The minimum atomic E-state index is 0.682. The summed E-state index contributed by atoms with van der Waals surface area (Å²) in [5.41, 5.74) is 2.55. The van der Waals surface area contributed by atoms with Crippen LogP contribution in [-0.4, -0.2) is 32.8 Å². The van der Waals surface area contributed by atoms with Gasteiger partial charge in [-0.3, -0.25) is 0 Å². The second-order valence-corrected chi connectivity index (χ2v) is 6.44. The predicted molar refractivity (Wildman–Crippen MR) is 95.1 cm³/mol. The number of rotatable bonds is 10. The smallest absolute Gasteiger partial charge is 0.0641 e. The lowest BCUT2D eigenvalue weighted by atomic mass is 10.1. The van der Waals surface area contributed by atoms with Crippen LogP contribution in [0.15, 0.2) is 22.7 Å². The maximum Gasteiger partial charge on any atom is 0.0641 e. The maximum absolute atomic E-state index is 5.46. The Hall–Kier alpha value is -0.580. The molecule has 0 bridgehead atoms. The average Bonchev–Trinajstić information content (AvgIpc) is 2.44. The van der Waals surface area contributed by atoms with Gasteiger partial charge >= 0.3 is 0 Å². The van der Waals surface area contributed by atoms with Crippen LogP contribution < -0.4 is 10.2 Å². The van der Waals surface area contributed by atoms with E-state index in [9.17, 15) is 0 Å². The van der Waals surface area contributed by atoms with Crippen LogP contribution >= 0.6 is 15.9 Å². The molecule has 0 heterocycles. The van der Waals surface area contributed by atoms with Crippen molar-refractivity contribution in [2.45, 2.75) is 34.2 Å². The van der Waals surface area contributed by atoms with Gasteiger partial charge in [0.05, 0.1) is 12.3 Å². The lowest BCUT2D eigenvalue weighted by Crippen LogP contribution is -2.27. The van der Waals surface area contributed by atoms with E-state index in [0.29, 0.717) is 5.92 Å². The third kappa shape index (κ3) is 6.81. The highest BCUT2D eigenvalue weighted by Crippen LogP contribution is 2.27. The van der Waals surface area contributed by atoms with E-state index < -0.39 is 0 Å². The van der Waals surface area contributed by atoms with Gasteiger partial charge < -0.3 is 15.0 Å². The molecule has 0 saturated carbocycles. The van der Waals surface area contributed by atoms with Crippen LogP contribution in [0.4, 0.5) is 5.69 Å². The summed E-state index contributed by atoms with van der Waals surface area (Å²) < 4.78 is 6.62. The maximum atomic E-state index is 5.46. The number of nitrogens with zero attached hydrogens (tertiary/aromatic N) is 1. The van der Waals surface area contributed by atoms with E-state index in [4.69, 9.17) is 4.74 Å². The van der Waals surface area contributed by atoms with Crippen molar-refractivity contribution < 1.29 is 4.74 Å². The van der Waals surface area contributed by atoms with Gasteiger partial charge in [-0.1, -0.05) is 19.9 Å². The monoisotopic (exact) mass is 356 g/mol. The van der Waals surface area contributed by atoms with E-state index in [2.05, 4.69) is 65.1 Å². The van der Waals surface area contributed by atoms with E-state index in [0.717, 1.165) is 43.9 Å². The van der Waals surface area contributed by atoms with E-state index >= 15 is 0 Å². The minimum absolute atomic E-state index is 0.682. The van der Waals surface area contributed by atoms with Crippen LogP contribution in [0.25, 0.3) is 0 Å². The van der Waals surface area contributed by atoms with Gasteiger partial charge in [0.15, 0.2) is 0 Å². The van der Waals surface area contributed by atoms with Crippen LogP contribution in [0, 0.1) is 5.92 Å². The molecule has 4 heteroatoms. The Bertz CT molecular complexity index is 410. The van der Waals surface area contributed by atoms with Gasteiger partial charge in [0, 0.05) is 30.7 Å². The molecule has 0 aliphatic carbocycles. The number of anilines is 1. The van der Waals surface area contributed by atoms with Crippen molar-refractivity contribution in [1.82, 2.24) is 5.32 Å². The highest BCUT2D eigenvalue weighted by molar-refractivity contribution is 9.10. The topological polar surface area (TPSA) is 24.5 Å². The van der Waals surface area contributed by atoms with E-state index in [1.54, 1.807) is 0 Å². The van der Waals surface area contributed by atoms with Gasteiger partial charge in [-0.15, -0.1) is 0 Å². The summed E-state index contributed by atoms with van der Waals surface area (Å²) in [5.74, 6) is 0.682. The predicted octanol–water partition coefficient (Wildman–Crippen LogP) is 4.06. The van der Waals surface area contributed by atoms with Crippen LogP contribution in [0.5, 0.6) is 0 Å². The Morgan fingerprint density at radius 1 is 1.29 bits per heavy atom. The number of benzene rings is 1. The molecule has 3 nitrogen and oxygen atoms in total. The van der Waals surface area contributed by atoms with E-state index in [1.165, 1.54) is 11.3 Å². The third-order valence-corrected chi connectivity index (χ3v) is 3.96. The van der Waals surface area contributed by atoms with Crippen molar-refractivity contribution in [2.24, 2.45) is 5.92 Å². The number of likely N-dealkylation sites (N-methyl/N-ethyl adjacent to an activating group) is 1. The molecule has 1 rings (SSSR count). The average molecular weight is 357 g/mol. The van der Waals surface area contributed by atoms with Gasteiger partial charge in [0.2, 0.25) is 0 Å². The summed E-state index contributed by atoms with van der Waals surface area (Å²) in [5, 5.41) is 3.48. The molecule has 0 atom stereocenters. The number of hydrogen-bond acceptors (Lipinski definition) is 3. The van der Waals surface area contributed by atoms with Crippen molar-refractivity contribution >= 4 is 21.6 Å². The van der Waals surface area contributed by atoms with E-state index in [-0.39, 0.29) is 0 Å².